The van der Waals surface area contributed by atoms with Crippen LogP contribution in [0.15, 0.2) is 28.7 Å². The molecule has 0 N–H and O–H groups in total. The van der Waals surface area contributed by atoms with Crippen LogP contribution >= 0.6 is 15.9 Å². The Kier molecular flexibility index (Phi) is 7.93. The quantitative estimate of drug-likeness (QED) is 0.494. The fourth-order valence-corrected chi connectivity index (χ4v) is 3.06. The third-order valence-corrected chi connectivity index (χ3v) is 4.65. The summed E-state index contributed by atoms with van der Waals surface area (Å²) in [7, 11) is 2.47. The molecule has 1 aromatic carbocycles. The van der Waals surface area contributed by atoms with E-state index in [0.717, 1.165) is 16.5 Å². The van der Waals surface area contributed by atoms with Gasteiger partial charge in [-0.15, -0.1) is 0 Å². The minimum atomic E-state index is -1.01. The van der Waals surface area contributed by atoms with Gasteiger partial charge >= 0.3 is 11.9 Å². The van der Waals surface area contributed by atoms with Crippen molar-refractivity contribution in [2.45, 2.75) is 38.0 Å². The summed E-state index contributed by atoms with van der Waals surface area (Å²) in [5.41, 5.74) is 0.124. The van der Waals surface area contributed by atoms with Crippen LogP contribution in [-0.2, 0) is 24.5 Å². The van der Waals surface area contributed by atoms with E-state index >= 15 is 0 Å². The van der Waals surface area contributed by atoms with Gasteiger partial charge in [-0.1, -0.05) is 41.4 Å². The Bertz CT molecular complexity index is 592. The van der Waals surface area contributed by atoms with Gasteiger partial charge in [0.25, 0.3) is 0 Å². The Morgan fingerprint density at radius 3 is 2.12 bits per heavy atom. The molecule has 0 fully saturated rings. The van der Waals surface area contributed by atoms with Crippen LogP contribution in [0.5, 0.6) is 0 Å². The summed E-state index contributed by atoms with van der Waals surface area (Å²) >= 11 is 3.39. The molecule has 6 heteroatoms. The molecule has 0 aliphatic heterocycles. The van der Waals surface area contributed by atoms with E-state index in [2.05, 4.69) is 31.5 Å². The molecule has 0 bridgehead atoms. The van der Waals surface area contributed by atoms with Crippen LogP contribution < -0.4 is 0 Å². The third kappa shape index (κ3) is 4.81. The van der Waals surface area contributed by atoms with Gasteiger partial charge in [0.15, 0.2) is 5.92 Å². The number of benzene rings is 1. The second-order valence-corrected chi connectivity index (χ2v) is 6.50. The van der Waals surface area contributed by atoms with Crippen molar-refractivity contribution in [2.24, 2.45) is 5.92 Å². The molecule has 1 unspecified atom stereocenters. The van der Waals surface area contributed by atoms with Gasteiger partial charge in [0.1, 0.15) is 0 Å². The number of esters is 2. The predicted molar refractivity (Wildman–Crippen MR) is 93.1 cm³/mol. The lowest BCUT2D eigenvalue weighted by Gasteiger charge is -2.28. The highest BCUT2D eigenvalue weighted by Gasteiger charge is 2.36. The summed E-state index contributed by atoms with van der Waals surface area (Å²) in [5.74, 6) is -2.29. The van der Waals surface area contributed by atoms with Crippen molar-refractivity contribution in [2.75, 3.05) is 14.2 Å². The molecular formula is C18H22BrNO4. The molecule has 24 heavy (non-hydrogen) atoms. The van der Waals surface area contributed by atoms with E-state index < -0.39 is 23.3 Å². The monoisotopic (exact) mass is 395 g/mol. The third-order valence-electron chi connectivity index (χ3n) is 4.12. The van der Waals surface area contributed by atoms with Crippen LogP contribution in [0.2, 0.25) is 0 Å². The van der Waals surface area contributed by atoms with E-state index in [9.17, 15) is 14.9 Å². The maximum atomic E-state index is 11.8. The number of hydrogen-bond acceptors (Lipinski definition) is 5. The fourth-order valence-electron chi connectivity index (χ4n) is 2.79. The molecule has 1 atom stereocenters. The van der Waals surface area contributed by atoms with Crippen molar-refractivity contribution >= 4 is 27.9 Å². The van der Waals surface area contributed by atoms with E-state index in [-0.39, 0.29) is 6.42 Å². The molecule has 0 amide bonds. The number of hydrogen-bond donors (Lipinski definition) is 0. The Hall–Kier alpha value is -1.87. The lowest BCUT2D eigenvalue weighted by Crippen LogP contribution is -2.31. The fraction of sp³-hybridized carbons (Fsp3) is 0.500. The summed E-state index contributed by atoms with van der Waals surface area (Å²) in [5, 5.41) is 9.84. The summed E-state index contributed by atoms with van der Waals surface area (Å²) in [6.07, 6.45) is 2.02. The summed E-state index contributed by atoms with van der Waals surface area (Å²) in [4.78, 5) is 23.7. The number of nitriles is 1. The molecular weight excluding hydrogens is 374 g/mol. The van der Waals surface area contributed by atoms with Gasteiger partial charge in [0.2, 0.25) is 0 Å². The predicted octanol–water partition coefficient (Wildman–Crippen LogP) is 3.75. The highest BCUT2D eigenvalue weighted by molar-refractivity contribution is 9.10. The largest absolute Gasteiger partial charge is 0.468 e. The average Bonchev–Trinajstić information content (AvgIpc) is 2.60. The van der Waals surface area contributed by atoms with Crippen molar-refractivity contribution in [3.05, 3.63) is 34.3 Å². The minimum Gasteiger partial charge on any atom is -0.468 e. The van der Waals surface area contributed by atoms with Gasteiger partial charge in [0.05, 0.1) is 25.7 Å². The van der Waals surface area contributed by atoms with Gasteiger partial charge in [-0.05, 0) is 37.0 Å². The Morgan fingerprint density at radius 1 is 1.17 bits per heavy atom. The molecule has 1 rings (SSSR count). The van der Waals surface area contributed by atoms with Gasteiger partial charge in [0, 0.05) is 4.47 Å². The zero-order valence-corrected chi connectivity index (χ0v) is 15.8. The average molecular weight is 396 g/mol. The van der Waals surface area contributed by atoms with Crippen LogP contribution in [0.3, 0.4) is 0 Å². The van der Waals surface area contributed by atoms with Crippen LogP contribution in [0, 0.1) is 17.2 Å². The highest BCUT2D eigenvalue weighted by atomic mass is 79.9. The Balaban J connectivity index is 3.09. The van der Waals surface area contributed by atoms with Crippen molar-refractivity contribution in [3.8, 4) is 6.07 Å². The molecule has 0 aliphatic carbocycles. The first-order chi connectivity index (χ1) is 11.4. The van der Waals surface area contributed by atoms with Gasteiger partial charge < -0.3 is 9.47 Å². The maximum absolute atomic E-state index is 11.8. The minimum absolute atomic E-state index is 0.197. The van der Waals surface area contributed by atoms with Crippen LogP contribution in [0.4, 0.5) is 0 Å². The Labute approximate surface area is 151 Å². The van der Waals surface area contributed by atoms with Gasteiger partial charge in [-0.25, -0.2) is 0 Å². The zero-order valence-electron chi connectivity index (χ0n) is 14.2. The molecule has 0 saturated carbocycles. The molecule has 1 aromatic rings. The number of ether oxygens (including phenoxy) is 2. The van der Waals surface area contributed by atoms with Gasteiger partial charge in [-0.3, -0.25) is 9.59 Å². The number of methoxy groups -OCH3 is 2. The topological polar surface area (TPSA) is 76.4 Å². The second kappa shape index (κ2) is 9.43. The van der Waals surface area contributed by atoms with Crippen molar-refractivity contribution in [1.29, 1.82) is 5.26 Å². The van der Waals surface area contributed by atoms with E-state index in [1.54, 1.807) is 0 Å². The van der Waals surface area contributed by atoms with E-state index in [1.807, 2.05) is 31.2 Å². The molecule has 0 spiro atoms. The lowest BCUT2D eigenvalue weighted by atomic mass is 9.73. The normalized spacial score (nSPS) is 13.0. The molecule has 0 radical (unpaired) electrons. The Morgan fingerprint density at radius 2 is 1.71 bits per heavy atom. The van der Waals surface area contributed by atoms with Crippen molar-refractivity contribution in [1.82, 2.24) is 0 Å². The van der Waals surface area contributed by atoms with E-state index in [0.29, 0.717) is 12.8 Å². The number of carbonyl (C=O) groups excluding carboxylic acids is 2. The van der Waals surface area contributed by atoms with Crippen LogP contribution in [0.1, 0.15) is 38.2 Å². The first-order valence-electron chi connectivity index (χ1n) is 7.77. The van der Waals surface area contributed by atoms with Crippen LogP contribution in [-0.4, -0.2) is 26.2 Å². The van der Waals surface area contributed by atoms with Gasteiger partial charge in [-0.2, -0.15) is 5.26 Å². The SMILES string of the molecule is CCCC(C#N)(CCC(C(=O)OC)C(=O)OC)c1ccc(Br)cc1. The molecule has 0 aliphatic rings. The molecule has 5 nitrogen and oxygen atoms in total. The van der Waals surface area contributed by atoms with E-state index in [1.165, 1.54) is 14.2 Å². The second-order valence-electron chi connectivity index (χ2n) is 5.59. The number of carbonyl (C=O) groups is 2. The van der Waals surface area contributed by atoms with Crippen LogP contribution in [0.25, 0.3) is 0 Å². The molecule has 0 saturated heterocycles. The van der Waals surface area contributed by atoms with E-state index in [4.69, 9.17) is 0 Å². The lowest BCUT2D eigenvalue weighted by molar-refractivity contribution is -0.159. The highest BCUT2D eigenvalue weighted by Crippen LogP contribution is 2.36. The summed E-state index contributed by atoms with van der Waals surface area (Å²) in [6, 6.07) is 9.96. The molecule has 130 valence electrons. The zero-order chi connectivity index (χ0) is 18.2. The first kappa shape index (κ1) is 20.2. The molecule has 0 heterocycles. The number of rotatable bonds is 8. The van der Waals surface area contributed by atoms with Crippen molar-refractivity contribution < 1.29 is 19.1 Å². The maximum Gasteiger partial charge on any atom is 0.320 e. The smallest absolute Gasteiger partial charge is 0.320 e. The number of nitrogens with zero attached hydrogens (tertiary/aromatic N) is 1. The number of halogens is 1. The van der Waals surface area contributed by atoms with Crippen molar-refractivity contribution in [3.63, 3.8) is 0 Å². The summed E-state index contributed by atoms with van der Waals surface area (Å²) < 4.78 is 10.3. The summed E-state index contributed by atoms with van der Waals surface area (Å²) in [6.45, 7) is 2.00. The standard InChI is InChI=1S/C18H22BrNO4/c1-4-10-18(12-20,13-5-7-14(19)8-6-13)11-9-15(16(21)23-2)17(22)24-3/h5-8,15H,4,9-11H2,1-3H3. The molecule has 0 aromatic heterocycles. The first-order valence-corrected chi connectivity index (χ1v) is 8.56.